The summed E-state index contributed by atoms with van der Waals surface area (Å²) in [5.74, 6) is 1.23. The molecule has 0 saturated carbocycles. The van der Waals surface area contributed by atoms with Gasteiger partial charge in [-0.15, -0.1) is 0 Å². The second kappa shape index (κ2) is 6.69. The minimum absolute atomic E-state index is 0.000149. The maximum absolute atomic E-state index is 9.96. The first-order valence-corrected chi connectivity index (χ1v) is 6.67. The van der Waals surface area contributed by atoms with E-state index >= 15 is 0 Å². The molecule has 8 nitrogen and oxygen atoms in total. The van der Waals surface area contributed by atoms with Gasteiger partial charge in [-0.3, -0.25) is 0 Å². The number of nitrogens with zero attached hydrogens (tertiary/aromatic N) is 3. The van der Waals surface area contributed by atoms with E-state index in [2.05, 4.69) is 15.3 Å². The molecular formula is C12H21N5O3. The van der Waals surface area contributed by atoms with Gasteiger partial charge >= 0.3 is 0 Å². The topological polar surface area (TPSA) is 128 Å². The third-order valence-electron chi connectivity index (χ3n) is 3.43. The summed E-state index contributed by atoms with van der Waals surface area (Å²) in [6.45, 7) is 1.47. The van der Waals surface area contributed by atoms with E-state index in [-0.39, 0.29) is 25.1 Å². The lowest BCUT2D eigenvalue weighted by molar-refractivity contribution is 0.0546. The molecule has 2 atom stereocenters. The van der Waals surface area contributed by atoms with Crippen molar-refractivity contribution in [3.05, 3.63) is 6.07 Å². The number of nitrogen functional groups attached to an aromatic ring is 1. The lowest BCUT2D eigenvalue weighted by atomic mass is 9.95. The molecule has 0 amide bonds. The molecule has 8 heteroatoms. The first-order valence-electron chi connectivity index (χ1n) is 6.67. The number of nitrogens with two attached hydrogens (primary N) is 1. The molecule has 20 heavy (non-hydrogen) atoms. The summed E-state index contributed by atoms with van der Waals surface area (Å²) in [6.07, 6.45) is 0.111. The van der Waals surface area contributed by atoms with Crippen molar-refractivity contribution in [3.63, 3.8) is 0 Å². The number of rotatable bonds is 5. The number of nitrogens with one attached hydrogen (secondary N) is 1. The van der Waals surface area contributed by atoms with Crippen molar-refractivity contribution in [1.29, 1.82) is 0 Å². The van der Waals surface area contributed by atoms with Gasteiger partial charge in [0, 0.05) is 38.2 Å². The lowest BCUT2D eigenvalue weighted by Crippen LogP contribution is -2.45. The quantitative estimate of drug-likeness (QED) is 0.448. The molecule has 1 fully saturated rings. The smallest absolute Gasteiger partial charge is 0.223 e. The van der Waals surface area contributed by atoms with Gasteiger partial charge < -0.3 is 31.3 Å². The van der Waals surface area contributed by atoms with E-state index in [1.54, 1.807) is 6.07 Å². The highest BCUT2D eigenvalue weighted by Gasteiger charge is 2.28. The number of aromatic nitrogens is 2. The number of aliphatic hydroxyl groups is 3. The average Bonchev–Trinajstić information content (AvgIpc) is 2.44. The van der Waals surface area contributed by atoms with Crippen LogP contribution < -0.4 is 16.0 Å². The van der Waals surface area contributed by atoms with Gasteiger partial charge in [-0.1, -0.05) is 0 Å². The van der Waals surface area contributed by atoms with E-state index in [4.69, 9.17) is 15.9 Å². The van der Waals surface area contributed by atoms with Crippen molar-refractivity contribution in [2.45, 2.75) is 12.5 Å². The highest BCUT2D eigenvalue weighted by Crippen LogP contribution is 2.24. The Bertz CT molecular complexity index is 445. The molecule has 1 aliphatic rings. The third kappa shape index (κ3) is 3.47. The van der Waals surface area contributed by atoms with Crippen molar-refractivity contribution in [2.75, 3.05) is 48.8 Å². The van der Waals surface area contributed by atoms with Gasteiger partial charge in [0.05, 0.1) is 12.7 Å². The summed E-state index contributed by atoms with van der Waals surface area (Å²) >= 11 is 0. The standard InChI is InChI=1S/C12H21N5O3/c13-12-15-10(14-2-4-18)5-11(16-12)17-3-1-8(7-19)9(20)6-17/h5,8-9,18-20H,1-4,6-7H2,(H3,13,14,15,16)/t8-,9-/m1/s1. The maximum Gasteiger partial charge on any atom is 0.223 e. The van der Waals surface area contributed by atoms with E-state index in [0.717, 1.165) is 0 Å². The largest absolute Gasteiger partial charge is 0.396 e. The van der Waals surface area contributed by atoms with E-state index in [1.807, 2.05) is 4.90 Å². The fourth-order valence-electron chi connectivity index (χ4n) is 2.29. The molecule has 112 valence electrons. The SMILES string of the molecule is Nc1nc(NCCO)cc(N2CC[C@H](CO)[C@H](O)C2)n1. The fraction of sp³-hybridized carbons (Fsp3) is 0.667. The van der Waals surface area contributed by atoms with Crippen molar-refractivity contribution in [1.82, 2.24) is 9.97 Å². The molecule has 0 spiro atoms. The zero-order valence-corrected chi connectivity index (χ0v) is 11.2. The highest BCUT2D eigenvalue weighted by atomic mass is 16.3. The molecular weight excluding hydrogens is 262 g/mol. The number of anilines is 3. The fourth-order valence-corrected chi connectivity index (χ4v) is 2.29. The minimum Gasteiger partial charge on any atom is -0.396 e. The second-order valence-corrected chi connectivity index (χ2v) is 4.86. The van der Waals surface area contributed by atoms with E-state index in [9.17, 15) is 5.11 Å². The summed E-state index contributed by atoms with van der Waals surface area (Å²) < 4.78 is 0. The first-order chi connectivity index (χ1) is 9.63. The Morgan fingerprint density at radius 3 is 2.85 bits per heavy atom. The molecule has 2 rings (SSSR count). The number of aliphatic hydroxyl groups excluding tert-OH is 3. The Hall–Kier alpha value is -1.64. The van der Waals surface area contributed by atoms with E-state index in [0.29, 0.717) is 37.7 Å². The van der Waals surface area contributed by atoms with Crippen molar-refractivity contribution in [3.8, 4) is 0 Å². The van der Waals surface area contributed by atoms with Crippen LogP contribution in [0.1, 0.15) is 6.42 Å². The summed E-state index contributed by atoms with van der Waals surface area (Å²) in [6, 6.07) is 1.73. The second-order valence-electron chi connectivity index (χ2n) is 4.86. The molecule has 1 aliphatic heterocycles. The minimum atomic E-state index is -0.584. The Kier molecular flexibility index (Phi) is 4.94. The van der Waals surface area contributed by atoms with Gasteiger partial charge in [-0.2, -0.15) is 9.97 Å². The van der Waals surface area contributed by atoms with E-state index < -0.39 is 6.10 Å². The van der Waals surface area contributed by atoms with Gasteiger partial charge in [-0.05, 0) is 6.42 Å². The molecule has 0 unspecified atom stereocenters. The number of β-amino-alcohol motifs (C(OH)–C–C–N with tert-alkyl or cyclic N) is 1. The highest BCUT2D eigenvalue weighted by molar-refractivity contribution is 5.53. The molecule has 0 aliphatic carbocycles. The number of piperidine rings is 1. The van der Waals surface area contributed by atoms with Crippen LogP contribution >= 0.6 is 0 Å². The van der Waals surface area contributed by atoms with Crippen LogP contribution in [0.5, 0.6) is 0 Å². The molecule has 1 saturated heterocycles. The summed E-state index contributed by atoms with van der Waals surface area (Å²) in [4.78, 5) is 10.1. The normalized spacial score (nSPS) is 22.9. The van der Waals surface area contributed by atoms with Crippen LogP contribution in [0.25, 0.3) is 0 Å². The van der Waals surface area contributed by atoms with Gasteiger partial charge in [0.15, 0.2) is 0 Å². The Morgan fingerprint density at radius 2 is 2.20 bits per heavy atom. The van der Waals surface area contributed by atoms with Crippen LogP contribution in [-0.4, -0.2) is 64.2 Å². The molecule has 6 N–H and O–H groups in total. The molecule has 2 heterocycles. The predicted octanol–water partition coefficient (Wildman–Crippen LogP) is -1.36. The van der Waals surface area contributed by atoms with Gasteiger partial charge in [-0.25, -0.2) is 0 Å². The molecule has 0 radical (unpaired) electrons. The van der Waals surface area contributed by atoms with Crippen LogP contribution in [0.2, 0.25) is 0 Å². The predicted molar refractivity (Wildman–Crippen MR) is 75.4 cm³/mol. The van der Waals surface area contributed by atoms with Crippen LogP contribution in [-0.2, 0) is 0 Å². The van der Waals surface area contributed by atoms with Gasteiger partial charge in [0.2, 0.25) is 5.95 Å². The van der Waals surface area contributed by atoms with Gasteiger partial charge in [0.1, 0.15) is 11.6 Å². The zero-order valence-electron chi connectivity index (χ0n) is 11.2. The van der Waals surface area contributed by atoms with Crippen molar-refractivity contribution >= 4 is 17.6 Å². The van der Waals surface area contributed by atoms with Crippen molar-refractivity contribution < 1.29 is 15.3 Å². The summed E-state index contributed by atoms with van der Waals surface area (Å²) in [5, 5.41) is 30.8. The van der Waals surface area contributed by atoms with Crippen LogP contribution in [0, 0.1) is 5.92 Å². The monoisotopic (exact) mass is 283 g/mol. The van der Waals surface area contributed by atoms with Crippen LogP contribution in [0.4, 0.5) is 17.6 Å². The van der Waals surface area contributed by atoms with E-state index in [1.165, 1.54) is 0 Å². The zero-order chi connectivity index (χ0) is 14.5. The molecule has 0 bridgehead atoms. The van der Waals surface area contributed by atoms with Crippen molar-refractivity contribution in [2.24, 2.45) is 5.92 Å². The number of hydrogen-bond acceptors (Lipinski definition) is 8. The molecule has 1 aromatic rings. The molecule has 0 aromatic carbocycles. The Balaban J connectivity index is 2.10. The molecule has 1 aromatic heterocycles. The average molecular weight is 283 g/mol. The Labute approximate surface area is 117 Å². The van der Waals surface area contributed by atoms with Crippen LogP contribution in [0.3, 0.4) is 0 Å². The number of hydrogen-bond donors (Lipinski definition) is 5. The third-order valence-corrected chi connectivity index (χ3v) is 3.43. The summed E-state index contributed by atoms with van der Waals surface area (Å²) in [5.41, 5.74) is 5.67. The first kappa shape index (κ1) is 14.8. The van der Waals surface area contributed by atoms with Gasteiger partial charge in [0.25, 0.3) is 0 Å². The lowest BCUT2D eigenvalue weighted by Gasteiger charge is -2.35. The summed E-state index contributed by atoms with van der Waals surface area (Å²) in [7, 11) is 0. The Morgan fingerprint density at radius 1 is 1.40 bits per heavy atom. The maximum atomic E-state index is 9.96. The van der Waals surface area contributed by atoms with Crippen LogP contribution in [0.15, 0.2) is 6.07 Å².